The molecule has 0 bridgehead atoms. The number of β-lactam (4-membered cyclic amide) rings is 1. The van der Waals surface area contributed by atoms with E-state index in [2.05, 4.69) is 0 Å². The Bertz CT molecular complexity index is 659. The van der Waals surface area contributed by atoms with Crippen LogP contribution in [0.4, 0.5) is 0 Å². The van der Waals surface area contributed by atoms with E-state index in [1.165, 1.54) is 4.31 Å². The zero-order valence-corrected chi connectivity index (χ0v) is 13.2. The van der Waals surface area contributed by atoms with Crippen LogP contribution in [0, 0.1) is 12.3 Å². The number of hydrogen-bond acceptors (Lipinski definition) is 3. The van der Waals surface area contributed by atoms with Crippen molar-refractivity contribution in [2.75, 3.05) is 26.7 Å². The van der Waals surface area contributed by atoms with Crippen LogP contribution in [-0.2, 0) is 14.8 Å². The van der Waals surface area contributed by atoms with Crippen molar-refractivity contribution in [3.05, 3.63) is 29.8 Å². The maximum atomic E-state index is 12.6. The van der Waals surface area contributed by atoms with E-state index in [0.717, 1.165) is 12.1 Å². The summed E-state index contributed by atoms with van der Waals surface area (Å²) in [4.78, 5) is 14.0. The molecule has 2 saturated heterocycles. The number of amides is 1. The summed E-state index contributed by atoms with van der Waals surface area (Å²) >= 11 is 0. The summed E-state index contributed by atoms with van der Waals surface area (Å²) < 4.78 is 26.7. The molecule has 3 rings (SSSR count). The van der Waals surface area contributed by atoms with Crippen molar-refractivity contribution in [2.45, 2.75) is 24.7 Å². The first kappa shape index (κ1) is 14.5. The third-order valence-electron chi connectivity index (χ3n) is 4.68. The fraction of sp³-hybridized carbons (Fsp3) is 0.533. The van der Waals surface area contributed by atoms with Crippen LogP contribution in [0.25, 0.3) is 0 Å². The Morgan fingerprint density at radius 3 is 2.14 bits per heavy atom. The predicted molar refractivity (Wildman–Crippen MR) is 79.2 cm³/mol. The lowest BCUT2D eigenvalue weighted by molar-refractivity contribution is -0.161. The Morgan fingerprint density at radius 1 is 1.10 bits per heavy atom. The van der Waals surface area contributed by atoms with Crippen LogP contribution in [0.2, 0.25) is 0 Å². The molecule has 6 heteroatoms. The van der Waals surface area contributed by atoms with E-state index in [-0.39, 0.29) is 11.3 Å². The standard InChI is InChI=1S/C15H20N2O3S/c1-12-3-5-13(6-4-12)21(19,20)17-9-7-15(8-10-17)11-16(2)14(15)18/h3-6H,7-11H2,1-2H3. The van der Waals surface area contributed by atoms with Gasteiger partial charge in [0.05, 0.1) is 10.3 Å². The highest BCUT2D eigenvalue weighted by Crippen LogP contribution is 2.41. The summed E-state index contributed by atoms with van der Waals surface area (Å²) in [6, 6.07) is 6.92. The minimum absolute atomic E-state index is 0.162. The quantitative estimate of drug-likeness (QED) is 0.772. The van der Waals surface area contributed by atoms with Crippen LogP contribution in [0.15, 0.2) is 29.2 Å². The van der Waals surface area contributed by atoms with E-state index in [9.17, 15) is 13.2 Å². The molecule has 0 aromatic heterocycles. The molecular weight excluding hydrogens is 288 g/mol. The van der Waals surface area contributed by atoms with Gasteiger partial charge in [-0.15, -0.1) is 0 Å². The first-order chi connectivity index (χ1) is 9.85. The Morgan fingerprint density at radius 2 is 1.67 bits per heavy atom. The fourth-order valence-corrected chi connectivity index (χ4v) is 4.73. The zero-order valence-electron chi connectivity index (χ0n) is 12.4. The molecule has 2 fully saturated rings. The molecule has 1 spiro atoms. The smallest absolute Gasteiger partial charge is 0.243 e. The number of carbonyl (C=O) groups excluding carboxylic acids is 1. The van der Waals surface area contributed by atoms with Gasteiger partial charge in [-0.1, -0.05) is 17.7 Å². The molecule has 1 aromatic rings. The van der Waals surface area contributed by atoms with Crippen LogP contribution in [-0.4, -0.2) is 50.2 Å². The highest BCUT2D eigenvalue weighted by molar-refractivity contribution is 7.89. The molecule has 0 atom stereocenters. The second-order valence-electron chi connectivity index (χ2n) is 6.16. The van der Waals surface area contributed by atoms with Gasteiger partial charge in [-0.3, -0.25) is 4.79 Å². The lowest BCUT2D eigenvalue weighted by Crippen LogP contribution is -2.63. The molecule has 2 heterocycles. The van der Waals surface area contributed by atoms with Crippen molar-refractivity contribution >= 4 is 15.9 Å². The number of hydrogen-bond donors (Lipinski definition) is 0. The monoisotopic (exact) mass is 308 g/mol. The summed E-state index contributed by atoms with van der Waals surface area (Å²) in [6.45, 7) is 3.54. The molecule has 21 heavy (non-hydrogen) atoms. The summed E-state index contributed by atoms with van der Waals surface area (Å²) in [5, 5.41) is 0. The van der Waals surface area contributed by atoms with Crippen LogP contribution in [0.1, 0.15) is 18.4 Å². The van der Waals surface area contributed by atoms with Crippen molar-refractivity contribution in [3.8, 4) is 0 Å². The van der Waals surface area contributed by atoms with E-state index >= 15 is 0 Å². The molecule has 0 unspecified atom stereocenters. The van der Waals surface area contributed by atoms with E-state index in [1.54, 1.807) is 24.1 Å². The Hall–Kier alpha value is -1.40. The predicted octanol–water partition coefficient (Wildman–Crippen LogP) is 1.24. The lowest BCUT2D eigenvalue weighted by Gasteiger charge is -2.50. The minimum Gasteiger partial charge on any atom is -0.344 e. The molecule has 5 nitrogen and oxygen atoms in total. The normalized spacial score (nSPS) is 22.4. The van der Waals surface area contributed by atoms with Gasteiger partial charge in [-0.25, -0.2) is 8.42 Å². The lowest BCUT2D eigenvalue weighted by atomic mass is 9.72. The minimum atomic E-state index is -3.44. The SMILES string of the molecule is Cc1ccc(S(=O)(=O)N2CCC3(CC2)CN(C)C3=O)cc1. The van der Waals surface area contributed by atoms with Crippen LogP contribution < -0.4 is 0 Å². The Labute approximate surface area is 125 Å². The summed E-state index contributed by atoms with van der Waals surface area (Å²) in [5.74, 6) is 0.162. The molecule has 2 aliphatic rings. The number of benzene rings is 1. The van der Waals surface area contributed by atoms with Crippen molar-refractivity contribution in [1.29, 1.82) is 0 Å². The number of sulfonamides is 1. The third-order valence-corrected chi connectivity index (χ3v) is 6.59. The van der Waals surface area contributed by atoms with E-state index in [0.29, 0.717) is 30.8 Å². The highest BCUT2D eigenvalue weighted by Gasteiger charge is 2.52. The number of piperidine rings is 1. The van der Waals surface area contributed by atoms with Gasteiger partial charge in [0.2, 0.25) is 15.9 Å². The van der Waals surface area contributed by atoms with Crippen LogP contribution in [0.3, 0.4) is 0 Å². The number of likely N-dealkylation sites (tertiary alicyclic amines) is 1. The maximum absolute atomic E-state index is 12.6. The zero-order chi connectivity index (χ0) is 15.3. The molecule has 1 amide bonds. The summed E-state index contributed by atoms with van der Waals surface area (Å²) in [6.07, 6.45) is 1.25. The molecule has 0 radical (unpaired) electrons. The molecule has 0 N–H and O–H groups in total. The van der Waals surface area contributed by atoms with E-state index < -0.39 is 10.0 Å². The molecule has 2 aliphatic heterocycles. The first-order valence-electron chi connectivity index (χ1n) is 7.18. The van der Waals surface area contributed by atoms with Gasteiger partial charge in [0, 0.05) is 26.7 Å². The third kappa shape index (κ3) is 2.26. The van der Waals surface area contributed by atoms with Gasteiger partial charge >= 0.3 is 0 Å². The van der Waals surface area contributed by atoms with Gasteiger partial charge < -0.3 is 4.90 Å². The van der Waals surface area contributed by atoms with E-state index in [1.807, 2.05) is 19.1 Å². The molecule has 1 aromatic carbocycles. The largest absolute Gasteiger partial charge is 0.344 e. The van der Waals surface area contributed by atoms with Crippen molar-refractivity contribution in [2.24, 2.45) is 5.41 Å². The fourth-order valence-electron chi connectivity index (χ4n) is 3.29. The molecule has 0 saturated carbocycles. The second kappa shape index (κ2) is 4.81. The Kier molecular flexibility index (Phi) is 3.33. The Balaban J connectivity index is 1.74. The number of carbonyl (C=O) groups is 1. The van der Waals surface area contributed by atoms with Gasteiger partial charge in [-0.2, -0.15) is 4.31 Å². The summed E-state index contributed by atoms with van der Waals surface area (Å²) in [7, 11) is -1.64. The van der Waals surface area contributed by atoms with Gasteiger partial charge in [0.15, 0.2) is 0 Å². The summed E-state index contributed by atoms with van der Waals surface area (Å²) in [5.41, 5.74) is 0.739. The van der Waals surface area contributed by atoms with Crippen LogP contribution >= 0.6 is 0 Å². The number of nitrogens with zero attached hydrogens (tertiary/aromatic N) is 2. The maximum Gasteiger partial charge on any atom is 0.243 e. The number of rotatable bonds is 2. The van der Waals surface area contributed by atoms with Crippen molar-refractivity contribution in [3.63, 3.8) is 0 Å². The van der Waals surface area contributed by atoms with Gasteiger partial charge in [-0.05, 0) is 31.9 Å². The molecular formula is C15H20N2O3S. The topological polar surface area (TPSA) is 57.7 Å². The highest BCUT2D eigenvalue weighted by atomic mass is 32.2. The van der Waals surface area contributed by atoms with Gasteiger partial charge in [0.1, 0.15) is 0 Å². The number of aryl methyl sites for hydroxylation is 1. The van der Waals surface area contributed by atoms with Gasteiger partial charge in [0.25, 0.3) is 0 Å². The van der Waals surface area contributed by atoms with Crippen molar-refractivity contribution in [1.82, 2.24) is 9.21 Å². The van der Waals surface area contributed by atoms with Crippen molar-refractivity contribution < 1.29 is 13.2 Å². The second-order valence-corrected chi connectivity index (χ2v) is 8.10. The van der Waals surface area contributed by atoms with Crippen LogP contribution in [0.5, 0.6) is 0 Å². The molecule has 0 aliphatic carbocycles. The first-order valence-corrected chi connectivity index (χ1v) is 8.62. The van der Waals surface area contributed by atoms with E-state index in [4.69, 9.17) is 0 Å². The average molecular weight is 308 g/mol. The average Bonchev–Trinajstić information content (AvgIpc) is 2.48. The molecule has 114 valence electrons.